The maximum absolute atomic E-state index is 11.7. The molecule has 6 rings (SSSR count). The monoisotopic (exact) mass is 446 g/mol. The highest BCUT2D eigenvalue weighted by molar-refractivity contribution is 5.89. The van der Waals surface area contributed by atoms with Gasteiger partial charge in [-0.2, -0.15) is 0 Å². The van der Waals surface area contributed by atoms with Crippen molar-refractivity contribution in [1.82, 2.24) is 0 Å². The van der Waals surface area contributed by atoms with Crippen LogP contribution in [-0.2, 0) is 28.7 Å². The van der Waals surface area contributed by atoms with Crippen LogP contribution >= 0.6 is 0 Å². The molecule has 4 heterocycles. The van der Waals surface area contributed by atoms with Gasteiger partial charge in [0.2, 0.25) is 5.79 Å². The van der Waals surface area contributed by atoms with Crippen LogP contribution in [0.15, 0.2) is 24.3 Å². The van der Waals surface area contributed by atoms with E-state index < -0.39 is 24.0 Å². The summed E-state index contributed by atoms with van der Waals surface area (Å²) >= 11 is 0. The highest BCUT2D eigenvalue weighted by Gasteiger charge is 2.69. The largest absolute Gasteiger partial charge is 0.465 e. The van der Waals surface area contributed by atoms with Crippen LogP contribution in [0.2, 0.25) is 0 Å². The van der Waals surface area contributed by atoms with Gasteiger partial charge in [-0.25, -0.2) is 14.6 Å². The summed E-state index contributed by atoms with van der Waals surface area (Å²) in [6.45, 7) is 8.42. The molecule has 1 saturated carbocycles. The van der Waals surface area contributed by atoms with E-state index in [1.807, 2.05) is 26.0 Å². The standard InChI is InChI=1S/C25H34O7/c1-14-6-11-20-15(2)22(28-16(3)17-7-9-18(10-8-17)21(26)27-5)29-23-25(20)19(14)12-13-24(4,30-23)31-32-25/h7-10,14-16,19-20,22-23H,6,11-13H2,1-5H3/t14-,15-,16-,19+,20+,22+,23-,24-,25-/m1/s1. The molecule has 176 valence electrons. The van der Waals surface area contributed by atoms with Gasteiger partial charge in [-0.15, -0.1) is 0 Å². The molecular weight excluding hydrogens is 412 g/mol. The van der Waals surface area contributed by atoms with Gasteiger partial charge in [0.15, 0.2) is 18.2 Å². The number of rotatable bonds is 4. The lowest BCUT2D eigenvalue weighted by molar-refractivity contribution is -0.578. The molecule has 0 radical (unpaired) electrons. The van der Waals surface area contributed by atoms with Crippen LogP contribution < -0.4 is 0 Å². The molecule has 1 aromatic carbocycles. The van der Waals surface area contributed by atoms with E-state index in [0.29, 0.717) is 17.4 Å². The fourth-order valence-electron chi connectivity index (χ4n) is 6.32. The fourth-order valence-corrected chi connectivity index (χ4v) is 6.32. The highest BCUT2D eigenvalue weighted by atomic mass is 17.3. The minimum atomic E-state index is -0.794. The molecule has 4 aliphatic heterocycles. The van der Waals surface area contributed by atoms with Crippen molar-refractivity contribution in [3.63, 3.8) is 0 Å². The minimum absolute atomic E-state index is 0.118. The van der Waals surface area contributed by atoms with Gasteiger partial charge < -0.3 is 18.9 Å². The third-order valence-electron chi connectivity index (χ3n) is 8.24. The maximum atomic E-state index is 11.7. The number of carbonyl (C=O) groups is 1. The van der Waals surface area contributed by atoms with Crippen LogP contribution in [0.5, 0.6) is 0 Å². The van der Waals surface area contributed by atoms with Crippen LogP contribution in [0.25, 0.3) is 0 Å². The number of carbonyl (C=O) groups excluding carboxylic acids is 1. The Bertz CT molecular complexity index is 856. The Morgan fingerprint density at radius 1 is 1.09 bits per heavy atom. The van der Waals surface area contributed by atoms with Crippen molar-refractivity contribution < 1.29 is 33.5 Å². The molecule has 7 heteroatoms. The van der Waals surface area contributed by atoms with Gasteiger partial charge in [0.05, 0.1) is 18.8 Å². The number of fused-ring (bicyclic) bond motifs is 2. The minimum Gasteiger partial charge on any atom is -0.465 e. The quantitative estimate of drug-likeness (QED) is 0.488. The molecule has 0 amide bonds. The van der Waals surface area contributed by atoms with Gasteiger partial charge in [0, 0.05) is 18.3 Å². The first-order valence-corrected chi connectivity index (χ1v) is 11.8. The lowest BCUT2D eigenvalue weighted by Crippen LogP contribution is -2.70. The molecule has 4 saturated heterocycles. The second kappa shape index (κ2) is 8.06. The van der Waals surface area contributed by atoms with E-state index in [2.05, 4.69) is 13.8 Å². The number of methoxy groups -OCH3 is 1. The van der Waals surface area contributed by atoms with Crippen LogP contribution in [0.1, 0.15) is 75.4 Å². The Labute approximate surface area is 189 Å². The summed E-state index contributed by atoms with van der Waals surface area (Å²) < 4.78 is 24.1. The second-order valence-electron chi connectivity index (χ2n) is 10.2. The average Bonchev–Trinajstić information content (AvgIpc) is 3.02. The average molecular weight is 447 g/mol. The predicted molar refractivity (Wildman–Crippen MR) is 114 cm³/mol. The summed E-state index contributed by atoms with van der Waals surface area (Å²) in [5.41, 5.74) is 0.903. The molecule has 1 aromatic rings. The fraction of sp³-hybridized carbons (Fsp3) is 0.720. The Kier molecular flexibility index (Phi) is 5.62. The normalized spacial score (nSPS) is 43.8. The van der Waals surface area contributed by atoms with Crippen LogP contribution in [0, 0.1) is 23.7 Å². The van der Waals surface area contributed by atoms with Crippen LogP contribution in [-0.4, -0.2) is 37.0 Å². The predicted octanol–water partition coefficient (Wildman–Crippen LogP) is 4.76. The number of esters is 1. The Morgan fingerprint density at radius 2 is 1.84 bits per heavy atom. The molecule has 0 unspecified atom stereocenters. The number of ether oxygens (including phenoxy) is 4. The first-order chi connectivity index (χ1) is 15.3. The van der Waals surface area contributed by atoms with E-state index in [4.69, 9.17) is 28.7 Å². The molecule has 7 nitrogen and oxygen atoms in total. The molecule has 1 spiro atoms. The SMILES string of the molecule is COC(=O)c1ccc([C@@H](C)O[C@H]2O[C@@H]3O[C@@]4(C)CC[C@H]5[C@H](C)CC[C@@H]([C@H]2C)[C@@]35OO4)cc1. The number of hydrogen-bond acceptors (Lipinski definition) is 7. The second-order valence-corrected chi connectivity index (χ2v) is 10.2. The summed E-state index contributed by atoms with van der Waals surface area (Å²) in [5.74, 6) is 0.0655. The molecule has 1 aliphatic carbocycles. The van der Waals surface area contributed by atoms with Gasteiger partial charge in [-0.1, -0.05) is 26.0 Å². The van der Waals surface area contributed by atoms with E-state index in [-0.39, 0.29) is 23.9 Å². The van der Waals surface area contributed by atoms with Crippen molar-refractivity contribution >= 4 is 5.97 Å². The van der Waals surface area contributed by atoms with E-state index in [9.17, 15) is 4.79 Å². The molecule has 9 atom stereocenters. The number of benzene rings is 1. The van der Waals surface area contributed by atoms with Crippen LogP contribution in [0.3, 0.4) is 0 Å². The summed E-state index contributed by atoms with van der Waals surface area (Å²) in [6, 6.07) is 7.31. The van der Waals surface area contributed by atoms with Crippen molar-refractivity contribution in [3.05, 3.63) is 35.4 Å². The molecule has 5 fully saturated rings. The molecular formula is C25H34O7. The Hall–Kier alpha value is -1.51. The molecule has 32 heavy (non-hydrogen) atoms. The van der Waals surface area contributed by atoms with Crippen molar-refractivity contribution in [1.29, 1.82) is 0 Å². The van der Waals surface area contributed by atoms with Gasteiger partial charge in [-0.3, -0.25) is 0 Å². The summed E-state index contributed by atoms with van der Waals surface area (Å²) in [5, 5.41) is 0. The summed E-state index contributed by atoms with van der Waals surface area (Å²) in [7, 11) is 1.38. The Morgan fingerprint density at radius 3 is 2.56 bits per heavy atom. The topological polar surface area (TPSA) is 72.5 Å². The first kappa shape index (κ1) is 22.3. The van der Waals surface area contributed by atoms with Crippen LogP contribution in [0.4, 0.5) is 0 Å². The molecule has 0 aromatic heterocycles. The van der Waals surface area contributed by atoms with Gasteiger partial charge in [-0.05, 0) is 62.6 Å². The van der Waals surface area contributed by atoms with E-state index in [0.717, 1.165) is 31.2 Å². The zero-order valence-electron chi connectivity index (χ0n) is 19.5. The van der Waals surface area contributed by atoms with Crippen molar-refractivity contribution in [2.24, 2.45) is 23.7 Å². The molecule has 5 aliphatic rings. The highest BCUT2D eigenvalue weighted by Crippen LogP contribution is 2.60. The van der Waals surface area contributed by atoms with E-state index in [1.165, 1.54) is 7.11 Å². The van der Waals surface area contributed by atoms with Crippen molar-refractivity contribution in [2.75, 3.05) is 7.11 Å². The van der Waals surface area contributed by atoms with E-state index in [1.54, 1.807) is 12.1 Å². The number of hydrogen-bond donors (Lipinski definition) is 0. The summed E-state index contributed by atoms with van der Waals surface area (Å²) in [4.78, 5) is 23.8. The lowest BCUT2D eigenvalue weighted by atomic mass is 9.58. The van der Waals surface area contributed by atoms with Gasteiger partial charge in [0.25, 0.3) is 0 Å². The van der Waals surface area contributed by atoms with Crippen molar-refractivity contribution in [3.8, 4) is 0 Å². The summed E-state index contributed by atoms with van der Waals surface area (Å²) in [6.07, 6.45) is 2.84. The van der Waals surface area contributed by atoms with E-state index >= 15 is 0 Å². The van der Waals surface area contributed by atoms with Crippen molar-refractivity contribution in [2.45, 2.75) is 83.5 Å². The Balaban J connectivity index is 1.38. The van der Waals surface area contributed by atoms with Gasteiger partial charge in [0.1, 0.15) is 0 Å². The molecule has 2 bridgehead atoms. The lowest BCUT2D eigenvalue weighted by Gasteiger charge is -2.60. The third kappa shape index (κ3) is 3.41. The first-order valence-electron chi connectivity index (χ1n) is 11.8. The van der Waals surface area contributed by atoms with Gasteiger partial charge >= 0.3 is 5.97 Å². The third-order valence-corrected chi connectivity index (χ3v) is 8.24. The molecule has 0 N–H and O–H groups in total. The smallest absolute Gasteiger partial charge is 0.337 e. The maximum Gasteiger partial charge on any atom is 0.337 e. The zero-order chi connectivity index (χ0) is 22.7. The zero-order valence-corrected chi connectivity index (χ0v) is 19.5.